The molecule has 4 rings (SSSR count). The van der Waals surface area contributed by atoms with Gasteiger partial charge in [0, 0.05) is 32.2 Å². The molecule has 2 aromatic carbocycles. The first-order valence-electron chi connectivity index (χ1n) is 10.6. The van der Waals surface area contributed by atoms with E-state index >= 15 is 0 Å². The molecule has 2 aromatic rings. The van der Waals surface area contributed by atoms with E-state index in [4.69, 9.17) is 4.74 Å². The number of nitro groups is 1. The van der Waals surface area contributed by atoms with Crippen molar-refractivity contribution in [1.82, 2.24) is 4.31 Å². The average molecular weight is 446 g/mol. The van der Waals surface area contributed by atoms with Gasteiger partial charge in [-0.05, 0) is 43.0 Å². The minimum Gasteiger partial charge on any atom is -0.370 e. The normalized spacial score (nSPS) is 20.5. The Hall–Kier alpha value is -2.49. The van der Waals surface area contributed by atoms with Crippen molar-refractivity contribution >= 4 is 21.4 Å². The van der Waals surface area contributed by atoms with Crippen molar-refractivity contribution in [3.8, 4) is 0 Å². The highest BCUT2D eigenvalue weighted by atomic mass is 32.2. The van der Waals surface area contributed by atoms with Gasteiger partial charge in [-0.25, -0.2) is 8.42 Å². The Labute approximate surface area is 182 Å². The van der Waals surface area contributed by atoms with Crippen molar-refractivity contribution in [1.29, 1.82) is 0 Å². The van der Waals surface area contributed by atoms with Gasteiger partial charge in [0.15, 0.2) is 0 Å². The number of hydrogen-bond donors (Lipinski definition) is 0. The molecule has 9 heteroatoms. The summed E-state index contributed by atoms with van der Waals surface area (Å²) in [5, 5.41) is 11.9. The fourth-order valence-electron chi connectivity index (χ4n) is 4.34. The van der Waals surface area contributed by atoms with Crippen LogP contribution in [-0.2, 0) is 14.8 Å². The highest BCUT2D eigenvalue weighted by molar-refractivity contribution is 7.89. The Balaban J connectivity index is 1.64. The van der Waals surface area contributed by atoms with E-state index in [1.165, 1.54) is 16.4 Å². The molecule has 31 heavy (non-hydrogen) atoms. The van der Waals surface area contributed by atoms with E-state index in [9.17, 15) is 18.5 Å². The van der Waals surface area contributed by atoms with Crippen molar-refractivity contribution in [3.63, 3.8) is 0 Å². The average Bonchev–Trinajstić information content (AvgIpc) is 2.79. The van der Waals surface area contributed by atoms with Gasteiger partial charge >= 0.3 is 0 Å². The van der Waals surface area contributed by atoms with E-state index in [1.54, 1.807) is 6.07 Å². The van der Waals surface area contributed by atoms with Crippen LogP contribution in [0.3, 0.4) is 0 Å². The molecule has 166 valence electrons. The van der Waals surface area contributed by atoms with Crippen LogP contribution in [0.5, 0.6) is 0 Å². The van der Waals surface area contributed by atoms with Gasteiger partial charge in [-0.1, -0.05) is 30.7 Å². The molecule has 8 nitrogen and oxygen atoms in total. The molecule has 2 fully saturated rings. The van der Waals surface area contributed by atoms with Crippen LogP contribution in [0.1, 0.15) is 36.5 Å². The Kier molecular flexibility index (Phi) is 6.27. The van der Waals surface area contributed by atoms with Gasteiger partial charge < -0.3 is 9.64 Å². The molecule has 2 heterocycles. The Morgan fingerprint density at radius 2 is 1.81 bits per heavy atom. The lowest BCUT2D eigenvalue weighted by molar-refractivity contribution is -0.384. The maximum Gasteiger partial charge on any atom is 0.293 e. The summed E-state index contributed by atoms with van der Waals surface area (Å²) < 4.78 is 33.4. The number of ether oxygens (including phenoxy) is 1. The molecule has 1 atom stereocenters. The van der Waals surface area contributed by atoms with E-state index in [1.807, 2.05) is 36.1 Å². The van der Waals surface area contributed by atoms with Gasteiger partial charge in [0.2, 0.25) is 10.0 Å². The largest absolute Gasteiger partial charge is 0.370 e. The fourth-order valence-corrected chi connectivity index (χ4v) is 5.87. The van der Waals surface area contributed by atoms with Crippen LogP contribution in [0.15, 0.2) is 47.4 Å². The number of piperidine rings is 1. The number of hydrogen-bond acceptors (Lipinski definition) is 6. The first kappa shape index (κ1) is 21.7. The van der Waals surface area contributed by atoms with Crippen LogP contribution < -0.4 is 4.90 Å². The second-order valence-electron chi connectivity index (χ2n) is 8.03. The molecule has 1 unspecified atom stereocenters. The SMILES string of the molecule is Cc1ccccc1C1CN(c2ccc(S(=O)(=O)N3CCCCC3)cc2[N+](=O)[O-])CCO1. The highest BCUT2D eigenvalue weighted by Crippen LogP contribution is 2.35. The van der Waals surface area contributed by atoms with Crippen molar-refractivity contribution in [2.75, 3.05) is 37.7 Å². The summed E-state index contributed by atoms with van der Waals surface area (Å²) in [7, 11) is -3.74. The topological polar surface area (TPSA) is 93.0 Å². The second-order valence-corrected chi connectivity index (χ2v) is 9.97. The van der Waals surface area contributed by atoms with Crippen LogP contribution in [0.2, 0.25) is 0 Å². The zero-order chi connectivity index (χ0) is 22.0. The molecule has 0 saturated carbocycles. The number of morpholine rings is 1. The molecule has 2 aliphatic rings. The first-order chi connectivity index (χ1) is 14.9. The molecule has 0 N–H and O–H groups in total. The zero-order valence-electron chi connectivity index (χ0n) is 17.6. The monoisotopic (exact) mass is 445 g/mol. The van der Waals surface area contributed by atoms with Crippen LogP contribution in [0.25, 0.3) is 0 Å². The summed E-state index contributed by atoms with van der Waals surface area (Å²) in [6.45, 7) is 4.33. The molecule has 0 bridgehead atoms. The van der Waals surface area contributed by atoms with Gasteiger partial charge in [-0.15, -0.1) is 0 Å². The lowest BCUT2D eigenvalue weighted by Crippen LogP contribution is -2.39. The predicted octanol–water partition coefficient (Wildman–Crippen LogP) is 3.66. The zero-order valence-corrected chi connectivity index (χ0v) is 18.4. The number of aryl methyl sites for hydroxylation is 1. The molecule has 0 aliphatic carbocycles. The van der Waals surface area contributed by atoms with Gasteiger partial charge in [0.1, 0.15) is 11.8 Å². The number of sulfonamides is 1. The number of anilines is 1. The predicted molar refractivity (Wildman–Crippen MR) is 118 cm³/mol. The summed E-state index contributed by atoms with van der Waals surface area (Å²) in [5.74, 6) is 0. The molecular formula is C22H27N3O5S. The quantitative estimate of drug-likeness (QED) is 0.515. The van der Waals surface area contributed by atoms with E-state index in [0.29, 0.717) is 38.5 Å². The van der Waals surface area contributed by atoms with Crippen molar-refractivity contribution in [3.05, 3.63) is 63.7 Å². The fraction of sp³-hybridized carbons (Fsp3) is 0.455. The molecular weight excluding hydrogens is 418 g/mol. The number of nitro benzene ring substituents is 1. The third-order valence-corrected chi connectivity index (χ3v) is 7.93. The standard InChI is InChI=1S/C22H27N3O5S/c1-17-7-3-4-8-19(17)22-16-23(13-14-30-22)20-10-9-18(15-21(20)25(26)27)31(28,29)24-11-5-2-6-12-24/h3-4,7-10,15,22H,2,5-6,11-14,16H2,1H3. The van der Waals surface area contributed by atoms with Crippen molar-refractivity contribution in [2.24, 2.45) is 0 Å². The first-order valence-corrected chi connectivity index (χ1v) is 12.0. The third kappa shape index (κ3) is 4.44. The van der Waals surface area contributed by atoms with Gasteiger partial charge in [0.05, 0.1) is 16.4 Å². The molecule has 2 aliphatic heterocycles. The van der Waals surface area contributed by atoms with Crippen LogP contribution in [0.4, 0.5) is 11.4 Å². The summed E-state index contributed by atoms with van der Waals surface area (Å²) in [6, 6.07) is 12.2. The number of benzene rings is 2. The molecule has 0 spiro atoms. The number of nitrogens with zero attached hydrogens (tertiary/aromatic N) is 3. The highest BCUT2D eigenvalue weighted by Gasteiger charge is 2.31. The Morgan fingerprint density at radius 3 is 2.52 bits per heavy atom. The van der Waals surface area contributed by atoms with Gasteiger partial charge in [-0.2, -0.15) is 4.31 Å². The summed E-state index contributed by atoms with van der Waals surface area (Å²) in [4.78, 5) is 13.3. The van der Waals surface area contributed by atoms with Crippen molar-refractivity contribution < 1.29 is 18.1 Å². The summed E-state index contributed by atoms with van der Waals surface area (Å²) in [6.07, 6.45) is 2.43. The van der Waals surface area contributed by atoms with Crippen LogP contribution in [-0.4, -0.2) is 50.4 Å². The summed E-state index contributed by atoms with van der Waals surface area (Å²) in [5.41, 5.74) is 2.39. The van der Waals surface area contributed by atoms with Crippen LogP contribution >= 0.6 is 0 Å². The third-order valence-electron chi connectivity index (χ3n) is 6.04. The maximum atomic E-state index is 13.0. The van der Waals surface area contributed by atoms with Crippen LogP contribution in [0, 0.1) is 17.0 Å². The molecule has 0 amide bonds. The lowest BCUT2D eigenvalue weighted by Gasteiger charge is -2.35. The maximum absolute atomic E-state index is 13.0. The summed E-state index contributed by atoms with van der Waals surface area (Å²) >= 11 is 0. The second kappa shape index (κ2) is 8.94. The molecule has 0 radical (unpaired) electrons. The smallest absolute Gasteiger partial charge is 0.293 e. The number of rotatable bonds is 5. The Bertz CT molecular complexity index is 1070. The molecule has 2 saturated heterocycles. The molecule has 0 aromatic heterocycles. The minimum absolute atomic E-state index is 0.0198. The lowest BCUT2D eigenvalue weighted by atomic mass is 10.0. The van der Waals surface area contributed by atoms with Gasteiger partial charge in [0.25, 0.3) is 5.69 Å². The van der Waals surface area contributed by atoms with E-state index in [-0.39, 0.29) is 16.7 Å². The van der Waals surface area contributed by atoms with Crippen molar-refractivity contribution in [2.45, 2.75) is 37.2 Å². The van der Waals surface area contributed by atoms with E-state index in [0.717, 1.165) is 30.4 Å². The Morgan fingerprint density at radius 1 is 1.06 bits per heavy atom. The van der Waals surface area contributed by atoms with E-state index < -0.39 is 14.9 Å². The van der Waals surface area contributed by atoms with Gasteiger partial charge in [-0.3, -0.25) is 10.1 Å². The van der Waals surface area contributed by atoms with E-state index in [2.05, 4.69) is 0 Å². The minimum atomic E-state index is -3.74.